The molecule has 3 aromatic rings. The van der Waals surface area contributed by atoms with E-state index >= 15 is 0 Å². The molecule has 1 aromatic heterocycles. The molecule has 5 heteroatoms. The van der Waals surface area contributed by atoms with Gasteiger partial charge in [0.15, 0.2) is 0 Å². The van der Waals surface area contributed by atoms with Gasteiger partial charge in [-0.2, -0.15) is 0 Å². The molecule has 1 saturated heterocycles. The van der Waals surface area contributed by atoms with Gasteiger partial charge in [-0.25, -0.2) is 4.98 Å². The highest BCUT2D eigenvalue weighted by Gasteiger charge is 2.20. The van der Waals surface area contributed by atoms with Gasteiger partial charge in [0, 0.05) is 17.9 Å². The molecule has 1 fully saturated rings. The first-order chi connectivity index (χ1) is 17.2. The molecule has 2 heterocycles. The van der Waals surface area contributed by atoms with Crippen LogP contribution in [-0.2, 0) is 11.2 Å². The molecule has 1 aliphatic rings. The van der Waals surface area contributed by atoms with Gasteiger partial charge in [-0.1, -0.05) is 67.9 Å². The molecule has 2 aromatic carbocycles. The number of nitrogens with one attached hydrogen (secondary N) is 2. The Morgan fingerprint density at radius 3 is 2.54 bits per heavy atom. The van der Waals surface area contributed by atoms with E-state index in [-0.39, 0.29) is 12.0 Å². The lowest BCUT2D eigenvalue weighted by Gasteiger charge is -2.21. The number of benzene rings is 2. The van der Waals surface area contributed by atoms with E-state index < -0.39 is 0 Å². The van der Waals surface area contributed by atoms with Crippen LogP contribution in [0.1, 0.15) is 69.0 Å². The second-order valence-electron chi connectivity index (χ2n) is 9.58. The molecule has 0 amide bonds. The molecule has 1 atom stereocenters. The molecule has 4 rings (SSSR count). The Balaban J connectivity index is 1.30. The first-order valence-electron chi connectivity index (χ1n) is 13.2. The predicted molar refractivity (Wildman–Crippen MR) is 143 cm³/mol. The lowest BCUT2D eigenvalue weighted by atomic mass is 9.90. The SMILES string of the molecule is CCCC(Nc1cncc(-c2ccc(CCCCC(=O)C3CCNCC3)cc2)n1)c1ccccc1. The number of rotatable bonds is 12. The van der Waals surface area contributed by atoms with Crippen molar-refractivity contribution in [2.45, 2.75) is 64.3 Å². The van der Waals surface area contributed by atoms with Gasteiger partial charge < -0.3 is 10.6 Å². The summed E-state index contributed by atoms with van der Waals surface area (Å²) >= 11 is 0. The van der Waals surface area contributed by atoms with E-state index in [1.807, 2.05) is 12.3 Å². The Morgan fingerprint density at radius 2 is 1.80 bits per heavy atom. The summed E-state index contributed by atoms with van der Waals surface area (Å²) in [6.07, 6.45) is 11.5. The van der Waals surface area contributed by atoms with Crippen molar-refractivity contribution in [3.63, 3.8) is 0 Å². The molecule has 0 radical (unpaired) electrons. The molecule has 2 N–H and O–H groups in total. The molecule has 1 aliphatic heterocycles. The third-order valence-electron chi connectivity index (χ3n) is 6.92. The van der Waals surface area contributed by atoms with Crippen molar-refractivity contribution in [3.8, 4) is 11.3 Å². The van der Waals surface area contributed by atoms with Gasteiger partial charge in [-0.05, 0) is 62.7 Å². The van der Waals surface area contributed by atoms with Crippen molar-refractivity contribution < 1.29 is 4.79 Å². The minimum Gasteiger partial charge on any atom is -0.362 e. The van der Waals surface area contributed by atoms with E-state index in [2.05, 4.69) is 71.1 Å². The second-order valence-corrected chi connectivity index (χ2v) is 9.58. The van der Waals surface area contributed by atoms with E-state index in [9.17, 15) is 4.79 Å². The molecular weight excluding hydrogens is 432 g/mol. The first-order valence-corrected chi connectivity index (χ1v) is 13.2. The predicted octanol–water partition coefficient (Wildman–Crippen LogP) is 6.38. The highest BCUT2D eigenvalue weighted by Crippen LogP contribution is 2.25. The van der Waals surface area contributed by atoms with Crippen LogP contribution >= 0.6 is 0 Å². The largest absolute Gasteiger partial charge is 0.362 e. The summed E-state index contributed by atoms with van der Waals surface area (Å²) in [5.41, 5.74) is 4.51. The summed E-state index contributed by atoms with van der Waals surface area (Å²) in [4.78, 5) is 21.7. The summed E-state index contributed by atoms with van der Waals surface area (Å²) in [6, 6.07) is 19.4. The van der Waals surface area contributed by atoms with Gasteiger partial charge in [-0.15, -0.1) is 0 Å². The molecule has 1 unspecified atom stereocenters. The molecule has 0 bridgehead atoms. The van der Waals surface area contributed by atoms with Gasteiger partial charge in [0.25, 0.3) is 0 Å². The summed E-state index contributed by atoms with van der Waals surface area (Å²) in [5, 5.41) is 6.91. The fraction of sp³-hybridized carbons (Fsp3) is 0.433. The molecule has 0 aliphatic carbocycles. The van der Waals surface area contributed by atoms with Crippen LogP contribution in [0.2, 0.25) is 0 Å². The average molecular weight is 471 g/mol. The number of Topliss-reactive ketones (excluding diaryl/α,β-unsaturated/α-hetero) is 1. The van der Waals surface area contributed by atoms with Crippen LogP contribution in [0.15, 0.2) is 67.0 Å². The summed E-state index contributed by atoms with van der Waals surface area (Å²) < 4.78 is 0. The first kappa shape index (κ1) is 25.1. The fourth-order valence-corrected chi connectivity index (χ4v) is 4.87. The van der Waals surface area contributed by atoms with E-state index in [1.165, 1.54) is 11.1 Å². The van der Waals surface area contributed by atoms with Gasteiger partial charge in [0.2, 0.25) is 0 Å². The maximum atomic E-state index is 12.4. The van der Waals surface area contributed by atoms with Crippen molar-refractivity contribution >= 4 is 11.6 Å². The van der Waals surface area contributed by atoms with Gasteiger partial charge in [0.1, 0.15) is 11.6 Å². The number of hydrogen-bond acceptors (Lipinski definition) is 5. The van der Waals surface area contributed by atoms with Crippen LogP contribution in [0, 0.1) is 5.92 Å². The van der Waals surface area contributed by atoms with E-state index in [0.29, 0.717) is 5.78 Å². The minimum absolute atomic E-state index is 0.217. The van der Waals surface area contributed by atoms with E-state index in [0.717, 1.165) is 81.5 Å². The van der Waals surface area contributed by atoms with Crippen LogP contribution in [-0.4, -0.2) is 28.8 Å². The quantitative estimate of drug-likeness (QED) is 0.301. The lowest BCUT2D eigenvalue weighted by Crippen LogP contribution is -2.31. The Morgan fingerprint density at radius 1 is 1.03 bits per heavy atom. The summed E-state index contributed by atoms with van der Waals surface area (Å²) in [7, 11) is 0. The number of carbonyl (C=O) groups excluding carboxylic acids is 1. The zero-order chi connectivity index (χ0) is 24.3. The van der Waals surface area contributed by atoms with Crippen molar-refractivity contribution in [1.29, 1.82) is 0 Å². The van der Waals surface area contributed by atoms with Crippen LogP contribution < -0.4 is 10.6 Å². The second kappa shape index (κ2) is 13.1. The molecule has 184 valence electrons. The zero-order valence-electron chi connectivity index (χ0n) is 20.9. The fourth-order valence-electron chi connectivity index (χ4n) is 4.87. The molecular formula is C30H38N4O. The van der Waals surface area contributed by atoms with Crippen LogP contribution in [0.25, 0.3) is 11.3 Å². The van der Waals surface area contributed by atoms with E-state index in [1.54, 1.807) is 6.20 Å². The maximum Gasteiger partial charge on any atom is 0.145 e. The number of carbonyl (C=O) groups is 1. The van der Waals surface area contributed by atoms with Crippen molar-refractivity contribution in [3.05, 3.63) is 78.1 Å². The number of hydrogen-bond donors (Lipinski definition) is 2. The Labute approximate surface area is 209 Å². The van der Waals surface area contributed by atoms with Crippen LogP contribution in [0.3, 0.4) is 0 Å². The zero-order valence-corrected chi connectivity index (χ0v) is 20.9. The monoisotopic (exact) mass is 470 g/mol. The number of nitrogens with zero attached hydrogens (tertiary/aromatic N) is 2. The third kappa shape index (κ3) is 7.46. The maximum absolute atomic E-state index is 12.4. The highest BCUT2D eigenvalue weighted by molar-refractivity contribution is 5.81. The smallest absolute Gasteiger partial charge is 0.145 e. The van der Waals surface area contributed by atoms with Crippen LogP contribution in [0.4, 0.5) is 5.82 Å². The van der Waals surface area contributed by atoms with Gasteiger partial charge in [-0.3, -0.25) is 9.78 Å². The topological polar surface area (TPSA) is 66.9 Å². The Kier molecular flexibility index (Phi) is 9.41. The highest BCUT2D eigenvalue weighted by atomic mass is 16.1. The summed E-state index contributed by atoms with van der Waals surface area (Å²) in [5.74, 6) is 1.54. The lowest BCUT2D eigenvalue weighted by molar-refractivity contribution is -0.123. The normalized spacial score (nSPS) is 15.0. The Hall–Kier alpha value is -3.05. The average Bonchev–Trinajstić information content (AvgIpc) is 2.92. The minimum atomic E-state index is 0.217. The molecule has 0 saturated carbocycles. The van der Waals surface area contributed by atoms with Gasteiger partial charge in [0.05, 0.1) is 24.1 Å². The number of piperidine rings is 1. The number of unbranched alkanes of at least 4 members (excludes halogenated alkanes) is 1. The number of ketones is 1. The molecule has 5 nitrogen and oxygen atoms in total. The Bertz CT molecular complexity index is 1050. The van der Waals surface area contributed by atoms with Crippen LogP contribution in [0.5, 0.6) is 0 Å². The molecule has 0 spiro atoms. The number of anilines is 1. The van der Waals surface area contributed by atoms with Crippen molar-refractivity contribution in [2.75, 3.05) is 18.4 Å². The third-order valence-corrected chi connectivity index (χ3v) is 6.92. The molecule has 35 heavy (non-hydrogen) atoms. The number of aromatic nitrogens is 2. The van der Waals surface area contributed by atoms with Crippen molar-refractivity contribution in [1.82, 2.24) is 15.3 Å². The number of aryl methyl sites for hydroxylation is 1. The van der Waals surface area contributed by atoms with Crippen molar-refractivity contribution in [2.24, 2.45) is 5.92 Å². The van der Waals surface area contributed by atoms with Gasteiger partial charge >= 0.3 is 0 Å². The standard InChI is InChI=1S/C30H38N4O/c1-2-8-27(24-10-4-3-5-11-24)33-30-22-32-21-28(34-30)25-15-13-23(14-16-25)9-6-7-12-29(35)26-17-19-31-20-18-26/h3-5,10-11,13-16,21-22,26-27,31H,2,6-9,12,17-20H2,1H3,(H,33,34). The van der Waals surface area contributed by atoms with E-state index in [4.69, 9.17) is 4.98 Å². The summed E-state index contributed by atoms with van der Waals surface area (Å²) in [6.45, 7) is 4.17.